The number of alkyl halides is 3. The van der Waals surface area contributed by atoms with Gasteiger partial charge in [-0.25, -0.2) is 8.42 Å². The van der Waals surface area contributed by atoms with Crippen molar-refractivity contribution < 1.29 is 35.9 Å². The second-order valence-electron chi connectivity index (χ2n) is 11.1. The topological polar surface area (TPSA) is 96.0 Å². The lowest BCUT2D eigenvalue weighted by Crippen LogP contribution is -2.53. The van der Waals surface area contributed by atoms with Crippen LogP contribution in [-0.2, 0) is 38.8 Å². The number of unbranched alkanes of at least 4 members (excludes halogenated alkanes) is 1. The third-order valence-corrected chi connectivity index (χ3v) is 9.45. The van der Waals surface area contributed by atoms with Crippen LogP contribution in [0.15, 0.2) is 114 Å². The van der Waals surface area contributed by atoms with Gasteiger partial charge in [-0.1, -0.05) is 80.1 Å². The summed E-state index contributed by atoms with van der Waals surface area (Å²) in [4.78, 5) is 29.4. The zero-order valence-corrected chi connectivity index (χ0v) is 27.5. The number of carbonyl (C=O) groups excluding carboxylic acids is 2. The number of hydrogen-bond acceptors (Lipinski definition) is 5. The molecule has 0 bridgehead atoms. The fourth-order valence-corrected chi connectivity index (χ4v) is 6.54. The highest BCUT2D eigenvalue weighted by Gasteiger charge is 2.36. The Morgan fingerprint density at radius 1 is 0.854 bits per heavy atom. The minimum atomic E-state index is -4.77. The Kier molecular flexibility index (Phi) is 12.2. The van der Waals surface area contributed by atoms with Gasteiger partial charge >= 0.3 is 6.18 Å². The van der Waals surface area contributed by atoms with E-state index in [2.05, 4.69) is 5.32 Å². The number of sulfonamides is 1. The van der Waals surface area contributed by atoms with Crippen LogP contribution in [-0.4, -0.2) is 51.4 Å². The first-order chi connectivity index (χ1) is 22.9. The first-order valence-corrected chi connectivity index (χ1v) is 16.9. The zero-order valence-electron chi connectivity index (χ0n) is 26.7. The van der Waals surface area contributed by atoms with Crippen LogP contribution in [0, 0.1) is 0 Å². The number of carbonyl (C=O) groups is 2. The van der Waals surface area contributed by atoms with E-state index in [9.17, 15) is 31.2 Å². The number of ether oxygens (including phenoxy) is 1. The molecule has 0 saturated heterocycles. The number of amides is 2. The lowest BCUT2D eigenvalue weighted by atomic mass is 10.0. The van der Waals surface area contributed by atoms with Crippen LogP contribution in [0.3, 0.4) is 0 Å². The normalized spacial score (nSPS) is 12.2. The molecular formula is C36H38F3N3O5S. The Balaban J connectivity index is 1.83. The lowest BCUT2D eigenvalue weighted by molar-refractivity contribution is -0.140. The molecule has 4 rings (SSSR count). The Morgan fingerprint density at radius 3 is 2.15 bits per heavy atom. The molecule has 1 N–H and O–H groups in total. The minimum Gasteiger partial charge on any atom is -0.497 e. The van der Waals surface area contributed by atoms with Gasteiger partial charge in [-0.05, 0) is 60.0 Å². The highest BCUT2D eigenvalue weighted by molar-refractivity contribution is 7.92. The van der Waals surface area contributed by atoms with Crippen molar-refractivity contribution in [2.75, 3.05) is 24.5 Å². The van der Waals surface area contributed by atoms with Gasteiger partial charge in [-0.15, -0.1) is 0 Å². The van der Waals surface area contributed by atoms with E-state index in [4.69, 9.17) is 4.74 Å². The number of anilines is 1. The van der Waals surface area contributed by atoms with Crippen LogP contribution < -0.4 is 14.4 Å². The van der Waals surface area contributed by atoms with Crippen LogP contribution in [0.25, 0.3) is 0 Å². The molecule has 2 amide bonds. The van der Waals surface area contributed by atoms with Gasteiger partial charge in [-0.3, -0.25) is 13.9 Å². The van der Waals surface area contributed by atoms with Gasteiger partial charge < -0.3 is 15.0 Å². The van der Waals surface area contributed by atoms with Gasteiger partial charge in [0.2, 0.25) is 11.8 Å². The molecule has 48 heavy (non-hydrogen) atoms. The number of methoxy groups -OCH3 is 1. The first-order valence-electron chi connectivity index (χ1n) is 15.4. The summed E-state index contributed by atoms with van der Waals surface area (Å²) in [6, 6.07) is 25.8. The molecule has 12 heteroatoms. The van der Waals surface area contributed by atoms with Crippen LogP contribution in [0.5, 0.6) is 5.75 Å². The zero-order chi connectivity index (χ0) is 34.7. The molecular weight excluding hydrogens is 643 g/mol. The van der Waals surface area contributed by atoms with Crippen molar-refractivity contribution in [2.45, 2.75) is 49.8 Å². The monoisotopic (exact) mass is 681 g/mol. The van der Waals surface area contributed by atoms with Gasteiger partial charge in [0.15, 0.2) is 0 Å². The first kappa shape index (κ1) is 36.0. The molecule has 8 nitrogen and oxygen atoms in total. The molecule has 4 aromatic carbocycles. The molecule has 1 atom stereocenters. The van der Waals surface area contributed by atoms with Gasteiger partial charge in [-0.2, -0.15) is 13.2 Å². The van der Waals surface area contributed by atoms with Gasteiger partial charge in [0.1, 0.15) is 18.3 Å². The van der Waals surface area contributed by atoms with Crippen molar-refractivity contribution in [3.05, 3.63) is 126 Å². The van der Waals surface area contributed by atoms with E-state index in [-0.39, 0.29) is 23.5 Å². The van der Waals surface area contributed by atoms with Crippen molar-refractivity contribution in [3.8, 4) is 5.75 Å². The molecule has 0 radical (unpaired) electrons. The third-order valence-electron chi connectivity index (χ3n) is 7.66. The number of nitrogens with one attached hydrogen (secondary N) is 1. The largest absolute Gasteiger partial charge is 0.497 e. The number of halogens is 3. The van der Waals surface area contributed by atoms with E-state index in [0.717, 1.165) is 24.1 Å². The van der Waals surface area contributed by atoms with E-state index >= 15 is 0 Å². The molecule has 0 aromatic heterocycles. The Morgan fingerprint density at radius 2 is 1.50 bits per heavy atom. The third kappa shape index (κ3) is 9.37. The molecule has 0 heterocycles. The maximum Gasteiger partial charge on any atom is 0.416 e. The summed E-state index contributed by atoms with van der Waals surface area (Å²) in [5.74, 6) is -0.731. The van der Waals surface area contributed by atoms with E-state index in [1.165, 1.54) is 42.3 Å². The predicted octanol–water partition coefficient (Wildman–Crippen LogP) is 6.47. The summed E-state index contributed by atoms with van der Waals surface area (Å²) >= 11 is 0. The summed E-state index contributed by atoms with van der Waals surface area (Å²) in [5, 5.41) is 2.90. The van der Waals surface area contributed by atoms with Crippen LogP contribution in [0.1, 0.15) is 36.5 Å². The number of benzene rings is 4. The van der Waals surface area contributed by atoms with Crippen LogP contribution in [0.4, 0.5) is 18.9 Å². The van der Waals surface area contributed by atoms with E-state index in [1.807, 2.05) is 25.1 Å². The smallest absolute Gasteiger partial charge is 0.416 e. The molecule has 0 saturated carbocycles. The summed E-state index contributed by atoms with van der Waals surface area (Å²) in [5.41, 5.74) is -0.0801. The molecule has 0 aliphatic heterocycles. The predicted molar refractivity (Wildman–Crippen MR) is 178 cm³/mol. The summed E-state index contributed by atoms with van der Waals surface area (Å²) in [6.45, 7) is 1.34. The molecule has 0 aliphatic carbocycles. The summed E-state index contributed by atoms with van der Waals surface area (Å²) < 4.78 is 75.4. The SMILES string of the molecule is CCCCNC(=O)[C@@H](Cc1ccccc1)N(Cc1cccc(OC)c1)C(=O)CN(c1cccc(C(F)(F)F)c1)S(=O)(=O)c1ccccc1. The summed E-state index contributed by atoms with van der Waals surface area (Å²) in [7, 11) is -3.06. The van der Waals surface area contributed by atoms with E-state index in [1.54, 1.807) is 42.5 Å². The van der Waals surface area contributed by atoms with Gasteiger partial charge in [0.25, 0.3) is 10.0 Å². The maximum atomic E-state index is 14.5. The molecule has 0 spiro atoms. The van der Waals surface area contributed by atoms with Crippen LogP contribution in [0.2, 0.25) is 0 Å². The average molecular weight is 682 g/mol. The Bertz CT molecular complexity index is 1770. The average Bonchev–Trinajstić information content (AvgIpc) is 3.09. The minimum absolute atomic E-state index is 0.101. The molecule has 0 unspecified atom stereocenters. The van der Waals surface area contributed by atoms with Crippen molar-refractivity contribution in [1.29, 1.82) is 0 Å². The van der Waals surface area contributed by atoms with Crippen molar-refractivity contribution in [3.63, 3.8) is 0 Å². The maximum absolute atomic E-state index is 14.5. The lowest BCUT2D eigenvalue weighted by Gasteiger charge is -2.34. The van der Waals surface area contributed by atoms with E-state index in [0.29, 0.717) is 34.7 Å². The van der Waals surface area contributed by atoms with E-state index < -0.39 is 46.2 Å². The Labute approximate surface area is 279 Å². The van der Waals surface area contributed by atoms with Crippen LogP contribution >= 0.6 is 0 Å². The van der Waals surface area contributed by atoms with Gasteiger partial charge in [0.05, 0.1) is 23.3 Å². The van der Waals surface area contributed by atoms with Crippen molar-refractivity contribution >= 4 is 27.5 Å². The fraction of sp³-hybridized carbons (Fsp3) is 0.278. The highest BCUT2D eigenvalue weighted by Crippen LogP contribution is 2.33. The number of rotatable bonds is 15. The number of nitrogens with zero attached hydrogens (tertiary/aromatic N) is 2. The van der Waals surface area contributed by atoms with Crippen molar-refractivity contribution in [1.82, 2.24) is 10.2 Å². The second kappa shape index (κ2) is 16.3. The highest BCUT2D eigenvalue weighted by atomic mass is 32.2. The quantitative estimate of drug-likeness (QED) is 0.145. The molecule has 254 valence electrons. The Hall–Kier alpha value is -4.84. The molecule has 4 aromatic rings. The molecule has 0 aliphatic rings. The standard InChI is InChI=1S/C36H38F3N3O5S/c1-3-4-21-40-35(44)33(23-27-13-7-5-8-14-27)41(25-28-15-11-18-31(22-28)47-2)34(43)26-42(48(45,46)32-19-9-6-10-20-32)30-17-12-16-29(24-30)36(37,38)39/h5-20,22,24,33H,3-4,21,23,25-26H2,1-2H3,(H,40,44)/t33-/m1/s1. The second-order valence-corrected chi connectivity index (χ2v) is 13.0. The van der Waals surface area contributed by atoms with Crippen molar-refractivity contribution in [2.24, 2.45) is 0 Å². The fourth-order valence-electron chi connectivity index (χ4n) is 5.11. The number of hydrogen-bond donors (Lipinski definition) is 1. The van der Waals surface area contributed by atoms with Gasteiger partial charge in [0, 0.05) is 19.5 Å². The summed E-state index contributed by atoms with van der Waals surface area (Å²) in [6.07, 6.45) is -3.15. The molecule has 0 fully saturated rings.